The molecule has 1 rings (SSSR count). The van der Waals surface area contributed by atoms with E-state index in [9.17, 15) is 4.79 Å². The lowest BCUT2D eigenvalue weighted by atomic mass is 10.2. The van der Waals surface area contributed by atoms with Crippen LogP contribution in [0.5, 0.6) is 0 Å². The van der Waals surface area contributed by atoms with Crippen molar-refractivity contribution in [2.45, 2.75) is 6.92 Å². The number of rotatable bonds is 5. The van der Waals surface area contributed by atoms with Crippen molar-refractivity contribution in [2.75, 3.05) is 19.6 Å². The third-order valence-electron chi connectivity index (χ3n) is 2.03. The summed E-state index contributed by atoms with van der Waals surface area (Å²) in [5.74, 6) is -0.242. The van der Waals surface area contributed by atoms with Gasteiger partial charge in [-0.25, -0.2) is 0 Å². The molecule has 0 atom stereocenters. The van der Waals surface area contributed by atoms with Gasteiger partial charge in [-0.05, 0) is 18.7 Å². The standard InChI is InChI=1S/C11H14Cl2N2O/c1-2-14-6-7-15-11(16)10-8(12)4-3-5-9(10)13/h3-5,14H,2,6-7H2,1H3,(H,15,16). The monoisotopic (exact) mass is 260 g/mol. The zero-order valence-corrected chi connectivity index (χ0v) is 10.5. The molecule has 16 heavy (non-hydrogen) atoms. The van der Waals surface area contributed by atoms with Crippen molar-refractivity contribution in [3.8, 4) is 0 Å². The molecule has 5 heteroatoms. The number of hydrogen-bond donors (Lipinski definition) is 2. The van der Waals surface area contributed by atoms with Crippen molar-refractivity contribution in [3.05, 3.63) is 33.8 Å². The molecule has 0 aliphatic heterocycles. The Morgan fingerprint density at radius 2 is 1.88 bits per heavy atom. The largest absolute Gasteiger partial charge is 0.351 e. The van der Waals surface area contributed by atoms with E-state index in [-0.39, 0.29) is 5.91 Å². The molecule has 0 heterocycles. The first-order chi connectivity index (χ1) is 7.66. The molecule has 3 nitrogen and oxygen atoms in total. The Balaban J connectivity index is 2.59. The molecule has 0 saturated heterocycles. The molecule has 0 spiro atoms. The minimum absolute atomic E-state index is 0.242. The van der Waals surface area contributed by atoms with Gasteiger partial charge in [0.25, 0.3) is 5.91 Å². The summed E-state index contributed by atoms with van der Waals surface area (Å²) in [7, 11) is 0. The highest BCUT2D eigenvalue weighted by Gasteiger charge is 2.13. The van der Waals surface area contributed by atoms with E-state index in [1.807, 2.05) is 6.92 Å². The van der Waals surface area contributed by atoms with Crippen molar-refractivity contribution in [1.29, 1.82) is 0 Å². The number of benzene rings is 1. The Hall–Kier alpha value is -0.770. The SMILES string of the molecule is CCNCCNC(=O)c1c(Cl)cccc1Cl. The Morgan fingerprint density at radius 3 is 2.44 bits per heavy atom. The third kappa shape index (κ3) is 3.67. The molecule has 0 aliphatic rings. The van der Waals surface area contributed by atoms with E-state index in [1.54, 1.807) is 18.2 Å². The van der Waals surface area contributed by atoms with Crippen LogP contribution in [-0.4, -0.2) is 25.5 Å². The average molecular weight is 261 g/mol. The van der Waals surface area contributed by atoms with Crippen molar-refractivity contribution < 1.29 is 4.79 Å². The van der Waals surface area contributed by atoms with Gasteiger partial charge in [0.1, 0.15) is 0 Å². The summed E-state index contributed by atoms with van der Waals surface area (Å²) in [6, 6.07) is 5.00. The van der Waals surface area contributed by atoms with Crippen LogP contribution in [0.15, 0.2) is 18.2 Å². The number of likely N-dealkylation sites (N-methyl/N-ethyl adjacent to an activating group) is 1. The van der Waals surface area contributed by atoms with Gasteiger partial charge in [0, 0.05) is 13.1 Å². The van der Waals surface area contributed by atoms with E-state index in [0.29, 0.717) is 22.2 Å². The molecule has 88 valence electrons. The fraction of sp³-hybridized carbons (Fsp3) is 0.364. The number of nitrogens with one attached hydrogen (secondary N) is 2. The van der Waals surface area contributed by atoms with Gasteiger partial charge >= 0.3 is 0 Å². The number of carbonyl (C=O) groups is 1. The maximum absolute atomic E-state index is 11.7. The number of carbonyl (C=O) groups excluding carboxylic acids is 1. The number of amides is 1. The Labute approximate surface area is 105 Å². The molecule has 1 aromatic rings. The third-order valence-corrected chi connectivity index (χ3v) is 2.66. The maximum atomic E-state index is 11.7. The molecule has 0 radical (unpaired) electrons. The van der Waals surface area contributed by atoms with Crippen LogP contribution in [0.1, 0.15) is 17.3 Å². The van der Waals surface area contributed by atoms with E-state index in [1.165, 1.54) is 0 Å². The highest BCUT2D eigenvalue weighted by molar-refractivity contribution is 6.39. The fourth-order valence-corrected chi connectivity index (χ4v) is 1.81. The molecular weight excluding hydrogens is 247 g/mol. The minimum atomic E-state index is -0.242. The second-order valence-electron chi connectivity index (χ2n) is 3.21. The molecule has 0 aromatic heterocycles. The number of halogens is 2. The summed E-state index contributed by atoms with van der Waals surface area (Å²) in [5, 5.41) is 6.59. The molecular formula is C11H14Cl2N2O. The predicted octanol–water partition coefficient (Wildman–Crippen LogP) is 2.33. The van der Waals surface area contributed by atoms with Crippen LogP contribution in [0, 0.1) is 0 Å². The lowest BCUT2D eigenvalue weighted by Gasteiger charge is -2.08. The average Bonchev–Trinajstić information content (AvgIpc) is 2.24. The highest BCUT2D eigenvalue weighted by Crippen LogP contribution is 2.23. The summed E-state index contributed by atoms with van der Waals surface area (Å²) in [6.45, 7) is 4.16. The summed E-state index contributed by atoms with van der Waals surface area (Å²) < 4.78 is 0. The van der Waals surface area contributed by atoms with Crippen molar-refractivity contribution in [3.63, 3.8) is 0 Å². The van der Waals surface area contributed by atoms with Crippen LogP contribution >= 0.6 is 23.2 Å². The molecule has 0 aliphatic carbocycles. The van der Waals surface area contributed by atoms with Crippen LogP contribution in [-0.2, 0) is 0 Å². The molecule has 0 bridgehead atoms. The van der Waals surface area contributed by atoms with Gasteiger partial charge in [-0.15, -0.1) is 0 Å². The lowest BCUT2D eigenvalue weighted by molar-refractivity contribution is 0.0954. The van der Waals surface area contributed by atoms with E-state index in [4.69, 9.17) is 23.2 Å². The maximum Gasteiger partial charge on any atom is 0.254 e. The molecule has 0 saturated carbocycles. The Morgan fingerprint density at radius 1 is 1.25 bits per heavy atom. The number of hydrogen-bond acceptors (Lipinski definition) is 2. The van der Waals surface area contributed by atoms with Crippen LogP contribution < -0.4 is 10.6 Å². The summed E-state index contributed by atoms with van der Waals surface area (Å²) in [4.78, 5) is 11.7. The molecule has 1 aromatic carbocycles. The highest BCUT2D eigenvalue weighted by atomic mass is 35.5. The van der Waals surface area contributed by atoms with E-state index in [0.717, 1.165) is 13.1 Å². The zero-order chi connectivity index (χ0) is 12.0. The first kappa shape index (κ1) is 13.3. The van der Waals surface area contributed by atoms with Crippen molar-refractivity contribution in [1.82, 2.24) is 10.6 Å². The molecule has 2 N–H and O–H groups in total. The molecule has 1 amide bonds. The second kappa shape index (κ2) is 6.74. The van der Waals surface area contributed by atoms with E-state index < -0.39 is 0 Å². The molecule has 0 fully saturated rings. The first-order valence-electron chi connectivity index (χ1n) is 5.09. The van der Waals surface area contributed by atoms with E-state index >= 15 is 0 Å². The minimum Gasteiger partial charge on any atom is -0.351 e. The van der Waals surface area contributed by atoms with Gasteiger partial charge in [0.2, 0.25) is 0 Å². The zero-order valence-electron chi connectivity index (χ0n) is 9.02. The van der Waals surface area contributed by atoms with E-state index in [2.05, 4.69) is 10.6 Å². The Bertz CT molecular complexity index is 349. The second-order valence-corrected chi connectivity index (χ2v) is 4.02. The van der Waals surface area contributed by atoms with Gasteiger partial charge in [0.05, 0.1) is 15.6 Å². The van der Waals surface area contributed by atoms with Crippen LogP contribution in [0.3, 0.4) is 0 Å². The fourth-order valence-electron chi connectivity index (χ4n) is 1.24. The summed E-state index contributed by atoms with van der Waals surface area (Å²) >= 11 is 11.8. The van der Waals surface area contributed by atoms with Gasteiger partial charge in [-0.2, -0.15) is 0 Å². The van der Waals surface area contributed by atoms with Crippen LogP contribution in [0.25, 0.3) is 0 Å². The van der Waals surface area contributed by atoms with Gasteiger partial charge in [-0.1, -0.05) is 36.2 Å². The normalized spacial score (nSPS) is 10.2. The topological polar surface area (TPSA) is 41.1 Å². The van der Waals surface area contributed by atoms with Gasteiger partial charge in [-0.3, -0.25) is 4.79 Å². The quantitative estimate of drug-likeness (QED) is 0.799. The van der Waals surface area contributed by atoms with Crippen molar-refractivity contribution >= 4 is 29.1 Å². The van der Waals surface area contributed by atoms with Crippen LogP contribution in [0.2, 0.25) is 10.0 Å². The molecule has 0 unspecified atom stereocenters. The van der Waals surface area contributed by atoms with Gasteiger partial charge in [0.15, 0.2) is 0 Å². The smallest absolute Gasteiger partial charge is 0.254 e. The van der Waals surface area contributed by atoms with Crippen LogP contribution in [0.4, 0.5) is 0 Å². The lowest BCUT2D eigenvalue weighted by Crippen LogP contribution is -2.32. The van der Waals surface area contributed by atoms with Crippen molar-refractivity contribution in [2.24, 2.45) is 0 Å². The Kier molecular flexibility index (Phi) is 5.60. The van der Waals surface area contributed by atoms with Gasteiger partial charge < -0.3 is 10.6 Å². The summed E-state index contributed by atoms with van der Waals surface area (Å²) in [6.07, 6.45) is 0. The predicted molar refractivity (Wildman–Crippen MR) is 67.3 cm³/mol. The first-order valence-corrected chi connectivity index (χ1v) is 5.85. The summed E-state index contributed by atoms with van der Waals surface area (Å²) in [5.41, 5.74) is 0.335.